The van der Waals surface area contributed by atoms with Crippen LogP contribution in [0, 0.1) is 17.5 Å². The molecule has 210 valence electrons. The number of carbonyl (C=O) groups excluding carboxylic acids is 1. The first-order valence-corrected chi connectivity index (χ1v) is 14.6. The van der Waals surface area contributed by atoms with E-state index in [2.05, 4.69) is 15.2 Å². The minimum absolute atomic E-state index is 0.0446. The normalized spacial score (nSPS) is 14.9. The van der Waals surface area contributed by atoms with E-state index in [1.165, 1.54) is 37.7 Å². The summed E-state index contributed by atoms with van der Waals surface area (Å²) in [5.74, 6) is -3.71. The van der Waals surface area contributed by atoms with Gasteiger partial charge in [-0.1, -0.05) is 12.1 Å². The van der Waals surface area contributed by atoms with Crippen LogP contribution in [0.25, 0.3) is 0 Å². The number of hydrogen-bond acceptors (Lipinski definition) is 8. The summed E-state index contributed by atoms with van der Waals surface area (Å²) >= 11 is 0.985. The van der Waals surface area contributed by atoms with E-state index in [9.17, 15) is 17.6 Å². The van der Waals surface area contributed by atoms with Crippen molar-refractivity contribution in [1.82, 2.24) is 9.88 Å². The SMILES string of the molecule is C[C@H](c1cccc(F)c1CNc1cc(F)c(S(=O)(=O)N(C(=O)OC(C)(C)C)c2cscn2)c(F)c1)N1CCC1. The summed E-state index contributed by atoms with van der Waals surface area (Å²) in [7, 11) is -5.11. The van der Waals surface area contributed by atoms with Gasteiger partial charge in [-0.15, -0.1) is 15.6 Å². The molecule has 39 heavy (non-hydrogen) atoms. The van der Waals surface area contributed by atoms with E-state index in [1.807, 2.05) is 13.0 Å². The number of nitrogens with one attached hydrogen (secondary N) is 1. The topological polar surface area (TPSA) is 91.8 Å². The lowest BCUT2D eigenvalue weighted by molar-refractivity contribution is 0.0608. The first-order chi connectivity index (χ1) is 18.3. The number of halogens is 3. The third-order valence-corrected chi connectivity index (χ3v) is 8.49. The van der Waals surface area contributed by atoms with Crippen LogP contribution in [0.1, 0.15) is 51.3 Å². The van der Waals surface area contributed by atoms with E-state index in [-0.39, 0.29) is 28.4 Å². The summed E-state index contributed by atoms with van der Waals surface area (Å²) in [6, 6.07) is 6.25. The van der Waals surface area contributed by atoms with E-state index in [1.54, 1.807) is 6.07 Å². The van der Waals surface area contributed by atoms with Crippen LogP contribution < -0.4 is 9.62 Å². The van der Waals surface area contributed by atoms with Gasteiger partial charge in [0.2, 0.25) is 0 Å². The van der Waals surface area contributed by atoms with Crippen molar-refractivity contribution in [1.29, 1.82) is 0 Å². The molecule has 13 heteroatoms. The highest BCUT2D eigenvalue weighted by Gasteiger charge is 2.39. The van der Waals surface area contributed by atoms with E-state index in [4.69, 9.17) is 4.74 Å². The van der Waals surface area contributed by atoms with Crippen molar-refractivity contribution < 1.29 is 31.1 Å². The van der Waals surface area contributed by atoms with Gasteiger partial charge in [-0.3, -0.25) is 4.90 Å². The third kappa shape index (κ3) is 6.20. The number of nitrogens with zero attached hydrogens (tertiary/aromatic N) is 3. The average molecular weight is 583 g/mol. The van der Waals surface area contributed by atoms with Crippen molar-refractivity contribution in [2.45, 2.75) is 57.2 Å². The van der Waals surface area contributed by atoms with Gasteiger partial charge in [0.15, 0.2) is 10.7 Å². The number of aromatic nitrogens is 1. The Balaban J connectivity index is 1.63. The van der Waals surface area contributed by atoms with Crippen molar-refractivity contribution >= 4 is 39.0 Å². The number of amides is 1. The Hall–Kier alpha value is -3.16. The van der Waals surface area contributed by atoms with Crippen molar-refractivity contribution in [3.8, 4) is 0 Å². The van der Waals surface area contributed by atoms with Gasteiger partial charge >= 0.3 is 6.09 Å². The maximum Gasteiger partial charge on any atom is 0.430 e. The fourth-order valence-electron chi connectivity index (χ4n) is 4.19. The quantitative estimate of drug-likeness (QED) is 0.345. The van der Waals surface area contributed by atoms with E-state index in [0.717, 1.165) is 48.5 Å². The molecule has 2 aromatic carbocycles. The van der Waals surface area contributed by atoms with E-state index >= 15 is 8.78 Å². The molecule has 8 nitrogen and oxygen atoms in total. The van der Waals surface area contributed by atoms with E-state index in [0.29, 0.717) is 5.56 Å². The molecule has 0 unspecified atom stereocenters. The minimum Gasteiger partial charge on any atom is -0.443 e. The van der Waals surface area contributed by atoms with Crippen LogP contribution in [0.15, 0.2) is 46.1 Å². The molecule has 1 saturated heterocycles. The van der Waals surface area contributed by atoms with E-state index < -0.39 is 44.1 Å². The second kappa shape index (κ2) is 11.1. The lowest BCUT2D eigenvalue weighted by Crippen LogP contribution is -2.41. The monoisotopic (exact) mass is 582 g/mol. The van der Waals surface area contributed by atoms with Crippen molar-refractivity contribution in [3.63, 3.8) is 0 Å². The zero-order valence-electron chi connectivity index (χ0n) is 21.9. The number of thiazole rings is 1. The van der Waals surface area contributed by atoms with Crippen LogP contribution in [-0.2, 0) is 21.3 Å². The molecular formula is C26H29F3N4O4S2. The lowest BCUT2D eigenvalue weighted by Gasteiger charge is -2.37. The predicted molar refractivity (Wildman–Crippen MR) is 143 cm³/mol. The highest BCUT2D eigenvalue weighted by molar-refractivity contribution is 7.93. The Morgan fingerprint density at radius 3 is 2.38 bits per heavy atom. The zero-order valence-corrected chi connectivity index (χ0v) is 23.5. The van der Waals surface area contributed by atoms with Gasteiger partial charge in [0.25, 0.3) is 10.0 Å². The molecule has 1 amide bonds. The predicted octanol–water partition coefficient (Wildman–Crippen LogP) is 6.07. The van der Waals surface area contributed by atoms with Crippen molar-refractivity contribution in [2.75, 3.05) is 22.7 Å². The number of ether oxygens (including phenoxy) is 1. The van der Waals surface area contributed by atoms with Crippen LogP contribution in [0.4, 0.5) is 29.5 Å². The first kappa shape index (κ1) is 28.8. The average Bonchev–Trinajstić information content (AvgIpc) is 3.28. The van der Waals surface area contributed by atoms with Crippen LogP contribution in [0.3, 0.4) is 0 Å². The molecule has 1 atom stereocenters. The first-order valence-electron chi connectivity index (χ1n) is 12.2. The number of sulfonamides is 1. The Bertz CT molecular complexity index is 1430. The van der Waals surface area contributed by atoms with Crippen LogP contribution >= 0.6 is 11.3 Å². The fraction of sp³-hybridized carbons (Fsp3) is 0.385. The molecule has 1 aromatic heterocycles. The summed E-state index contributed by atoms with van der Waals surface area (Å²) in [4.78, 5) is 17.5. The Kier molecular flexibility index (Phi) is 8.24. The van der Waals surface area contributed by atoms with Crippen LogP contribution in [0.2, 0.25) is 0 Å². The molecule has 1 N–H and O–H groups in total. The highest BCUT2D eigenvalue weighted by atomic mass is 32.2. The van der Waals surface area contributed by atoms with Gasteiger partial charge in [0.1, 0.15) is 23.1 Å². The molecule has 0 bridgehead atoms. The minimum atomic E-state index is -5.11. The maximum absolute atomic E-state index is 15.2. The molecule has 0 spiro atoms. The van der Waals surface area contributed by atoms with Gasteiger partial charge < -0.3 is 10.1 Å². The molecular weight excluding hydrogens is 553 g/mol. The largest absolute Gasteiger partial charge is 0.443 e. The molecule has 0 radical (unpaired) electrons. The standard InChI is InChI=1S/C26H29F3N4O4S2/c1-16(32-9-6-10-32)18-7-5-8-20(27)19(18)13-30-17-11-21(28)24(22(29)12-17)39(35,36)33(23-14-38-15-31-23)25(34)37-26(2,3)4/h5,7-8,11-12,14-16,30H,6,9-10,13H2,1-4H3/t16-/m1/s1. The summed E-state index contributed by atoms with van der Waals surface area (Å²) in [6.07, 6.45) is -0.299. The molecule has 1 aliphatic rings. The third-order valence-electron chi connectivity index (χ3n) is 6.20. The summed E-state index contributed by atoms with van der Waals surface area (Å²) in [6.45, 7) is 8.23. The molecule has 1 aliphatic heterocycles. The summed E-state index contributed by atoms with van der Waals surface area (Å²) in [5, 5.41) is 4.03. The number of carbonyl (C=O) groups is 1. The molecule has 1 fully saturated rings. The molecule has 0 saturated carbocycles. The lowest BCUT2D eigenvalue weighted by atomic mass is 9.97. The number of hydrogen-bond donors (Lipinski definition) is 1. The Morgan fingerprint density at radius 2 is 1.85 bits per heavy atom. The Labute approximate surface area is 229 Å². The van der Waals surface area contributed by atoms with Crippen molar-refractivity contribution in [3.05, 3.63) is 69.8 Å². The Morgan fingerprint density at radius 1 is 1.18 bits per heavy atom. The fourth-order valence-corrected chi connectivity index (χ4v) is 6.15. The number of likely N-dealkylation sites (tertiary alicyclic amines) is 1. The van der Waals surface area contributed by atoms with Crippen LogP contribution in [0.5, 0.6) is 0 Å². The summed E-state index contributed by atoms with van der Waals surface area (Å²) < 4.78 is 77.3. The van der Waals surface area contributed by atoms with Crippen LogP contribution in [-0.4, -0.2) is 43.1 Å². The number of rotatable bonds is 8. The maximum atomic E-state index is 15.2. The highest BCUT2D eigenvalue weighted by Crippen LogP contribution is 2.32. The molecule has 3 aromatic rings. The zero-order chi connectivity index (χ0) is 28.5. The van der Waals surface area contributed by atoms with Crippen molar-refractivity contribution in [2.24, 2.45) is 0 Å². The van der Waals surface area contributed by atoms with Gasteiger partial charge in [-0.2, -0.15) is 0 Å². The second-order valence-corrected chi connectivity index (χ2v) is 12.5. The molecule has 0 aliphatic carbocycles. The summed E-state index contributed by atoms with van der Waals surface area (Å²) in [5.41, 5.74) is 1.16. The smallest absolute Gasteiger partial charge is 0.430 e. The number of anilines is 2. The van der Waals surface area contributed by atoms with Gasteiger partial charge in [0.05, 0.1) is 5.51 Å². The van der Waals surface area contributed by atoms with Gasteiger partial charge in [-0.25, -0.2) is 31.4 Å². The number of benzene rings is 2. The molecule has 4 rings (SSSR count). The molecule has 2 heterocycles. The van der Waals surface area contributed by atoms with Gasteiger partial charge in [-0.05, 0) is 71.0 Å². The second-order valence-electron chi connectivity index (χ2n) is 10.1. The van der Waals surface area contributed by atoms with Gasteiger partial charge in [0, 0.05) is 29.2 Å².